The third-order valence-electron chi connectivity index (χ3n) is 3.91. The Morgan fingerprint density at radius 2 is 1.87 bits per heavy atom. The number of aromatic nitrogens is 1. The van der Waals surface area contributed by atoms with Gasteiger partial charge in [0.05, 0.1) is 16.5 Å². The first-order valence-corrected chi connectivity index (χ1v) is 9.30. The van der Waals surface area contributed by atoms with E-state index in [1.807, 2.05) is 31.2 Å². The largest absolute Gasteiger partial charge is 0.324 e. The van der Waals surface area contributed by atoms with Crippen LogP contribution in [0.25, 0.3) is 10.9 Å². The second kappa shape index (κ2) is 6.66. The number of aryl methyl sites for hydroxylation is 1. The van der Waals surface area contributed by atoms with Crippen molar-refractivity contribution in [3.05, 3.63) is 36.0 Å². The predicted molar refractivity (Wildman–Crippen MR) is 93.3 cm³/mol. The number of benzene rings is 1. The molecule has 1 atom stereocenters. The van der Waals surface area contributed by atoms with Crippen molar-refractivity contribution in [3.8, 4) is 0 Å². The van der Waals surface area contributed by atoms with Gasteiger partial charge in [0.25, 0.3) is 0 Å². The molecule has 1 N–H and O–H groups in total. The van der Waals surface area contributed by atoms with E-state index in [4.69, 9.17) is 0 Å². The molecule has 0 fully saturated rings. The molecule has 1 heterocycles. The van der Waals surface area contributed by atoms with E-state index >= 15 is 0 Å². The highest BCUT2D eigenvalue weighted by Gasteiger charge is 2.31. The minimum atomic E-state index is -3.49. The topological polar surface area (TPSA) is 76.1 Å². The molecule has 0 saturated carbocycles. The minimum absolute atomic E-state index is 0.517. The summed E-state index contributed by atoms with van der Waals surface area (Å²) in [7, 11) is -3.49. The molecule has 0 bridgehead atoms. The van der Waals surface area contributed by atoms with E-state index in [9.17, 15) is 13.2 Å². The van der Waals surface area contributed by atoms with Crippen molar-refractivity contribution >= 4 is 32.3 Å². The number of anilines is 1. The highest BCUT2D eigenvalue weighted by atomic mass is 32.2. The number of amides is 1. The minimum Gasteiger partial charge on any atom is -0.324 e. The lowest BCUT2D eigenvalue weighted by molar-refractivity contribution is -0.115. The Morgan fingerprint density at radius 3 is 2.48 bits per heavy atom. The van der Waals surface area contributed by atoms with Gasteiger partial charge in [-0.25, -0.2) is 8.42 Å². The Labute approximate surface area is 137 Å². The van der Waals surface area contributed by atoms with Crippen LogP contribution in [0.2, 0.25) is 0 Å². The maximum Gasteiger partial charge on any atom is 0.242 e. The van der Waals surface area contributed by atoms with Crippen LogP contribution in [0.1, 0.15) is 33.4 Å². The number of hydrogen-bond acceptors (Lipinski definition) is 4. The van der Waals surface area contributed by atoms with Crippen LogP contribution in [0.3, 0.4) is 0 Å². The van der Waals surface area contributed by atoms with Gasteiger partial charge >= 0.3 is 0 Å². The van der Waals surface area contributed by atoms with E-state index in [-0.39, 0.29) is 0 Å². The molecule has 0 saturated heterocycles. The summed E-state index contributed by atoms with van der Waals surface area (Å²) in [6.45, 7) is 6.57. The third kappa shape index (κ3) is 3.52. The van der Waals surface area contributed by atoms with E-state index in [1.165, 1.54) is 6.92 Å². The standard InChI is InChI=1S/C17H22N2O3S/c1-5-13-10-16(14-8-6-7-9-15(14)18-13)19-17(20)12(4)23(21,22)11(2)3/h6-12H,5H2,1-4H3,(H,18,19,20)/t12-/m1/s1. The SMILES string of the molecule is CCc1cc(NC(=O)[C@@H](C)S(=O)(=O)C(C)C)c2ccccc2n1. The van der Waals surface area contributed by atoms with Crippen molar-refractivity contribution in [2.45, 2.75) is 44.6 Å². The molecular formula is C17H22N2O3S. The average molecular weight is 334 g/mol. The van der Waals surface area contributed by atoms with Gasteiger partial charge in [-0.05, 0) is 39.3 Å². The molecule has 0 unspecified atom stereocenters. The van der Waals surface area contributed by atoms with Gasteiger partial charge in [-0.2, -0.15) is 0 Å². The fourth-order valence-corrected chi connectivity index (χ4v) is 3.48. The van der Waals surface area contributed by atoms with Crippen LogP contribution in [-0.2, 0) is 21.1 Å². The highest BCUT2D eigenvalue weighted by Crippen LogP contribution is 2.24. The second-order valence-corrected chi connectivity index (χ2v) is 8.63. The number of carbonyl (C=O) groups is 1. The van der Waals surface area contributed by atoms with E-state index in [1.54, 1.807) is 19.9 Å². The Hall–Kier alpha value is -1.95. The molecule has 0 aliphatic heterocycles. The number of hydrogen-bond donors (Lipinski definition) is 1. The summed E-state index contributed by atoms with van der Waals surface area (Å²) in [5.74, 6) is -0.517. The number of sulfone groups is 1. The summed E-state index contributed by atoms with van der Waals surface area (Å²) in [6.07, 6.45) is 0.730. The van der Waals surface area contributed by atoms with E-state index < -0.39 is 26.2 Å². The number of nitrogens with zero attached hydrogens (tertiary/aromatic N) is 1. The van der Waals surface area contributed by atoms with Crippen molar-refractivity contribution in [3.63, 3.8) is 0 Å². The maximum atomic E-state index is 12.4. The summed E-state index contributed by atoms with van der Waals surface area (Å²) < 4.78 is 24.4. The van der Waals surface area contributed by atoms with Crippen LogP contribution in [0.4, 0.5) is 5.69 Å². The van der Waals surface area contributed by atoms with Crippen LogP contribution in [0, 0.1) is 0 Å². The molecule has 1 amide bonds. The van der Waals surface area contributed by atoms with Crippen LogP contribution in [0.5, 0.6) is 0 Å². The van der Waals surface area contributed by atoms with Crippen molar-refractivity contribution < 1.29 is 13.2 Å². The summed E-state index contributed by atoms with van der Waals surface area (Å²) in [5, 5.41) is 1.87. The van der Waals surface area contributed by atoms with Crippen LogP contribution in [-0.4, -0.2) is 29.8 Å². The number of carbonyl (C=O) groups excluding carboxylic acids is 1. The molecule has 2 rings (SSSR count). The maximum absolute atomic E-state index is 12.4. The number of rotatable bonds is 5. The molecule has 0 aliphatic rings. The van der Waals surface area contributed by atoms with Gasteiger partial charge in [0.1, 0.15) is 5.25 Å². The Morgan fingerprint density at radius 1 is 1.22 bits per heavy atom. The van der Waals surface area contributed by atoms with Gasteiger partial charge in [-0.15, -0.1) is 0 Å². The fourth-order valence-electron chi connectivity index (χ4n) is 2.31. The lowest BCUT2D eigenvalue weighted by Gasteiger charge is -2.17. The van der Waals surface area contributed by atoms with Crippen LogP contribution in [0.15, 0.2) is 30.3 Å². The number of fused-ring (bicyclic) bond motifs is 1. The molecular weight excluding hydrogens is 312 g/mol. The first-order valence-electron chi connectivity index (χ1n) is 7.69. The molecule has 1 aromatic heterocycles. The monoisotopic (exact) mass is 334 g/mol. The Balaban J connectivity index is 2.40. The van der Waals surface area contributed by atoms with Gasteiger partial charge in [0.2, 0.25) is 5.91 Å². The van der Waals surface area contributed by atoms with Gasteiger partial charge in [-0.3, -0.25) is 9.78 Å². The lowest BCUT2D eigenvalue weighted by atomic mass is 10.1. The smallest absolute Gasteiger partial charge is 0.242 e. The van der Waals surface area contributed by atoms with E-state index in [2.05, 4.69) is 10.3 Å². The molecule has 5 nitrogen and oxygen atoms in total. The zero-order valence-electron chi connectivity index (χ0n) is 13.8. The summed E-state index contributed by atoms with van der Waals surface area (Å²) in [6, 6.07) is 9.28. The molecule has 0 spiro atoms. The number of nitrogens with one attached hydrogen (secondary N) is 1. The lowest BCUT2D eigenvalue weighted by Crippen LogP contribution is -2.36. The normalized spacial score (nSPS) is 13.3. The predicted octanol–water partition coefficient (Wildman–Crippen LogP) is 2.95. The third-order valence-corrected chi connectivity index (χ3v) is 6.42. The summed E-state index contributed by atoms with van der Waals surface area (Å²) in [5.41, 5.74) is 2.23. The van der Waals surface area contributed by atoms with Crippen LogP contribution >= 0.6 is 0 Å². The van der Waals surface area contributed by atoms with Gasteiger partial charge in [0.15, 0.2) is 9.84 Å². The molecule has 23 heavy (non-hydrogen) atoms. The molecule has 1 aromatic carbocycles. The highest BCUT2D eigenvalue weighted by molar-refractivity contribution is 7.93. The van der Waals surface area contributed by atoms with Gasteiger partial charge in [0, 0.05) is 11.1 Å². The molecule has 0 aliphatic carbocycles. The van der Waals surface area contributed by atoms with Crippen molar-refractivity contribution in [2.24, 2.45) is 0 Å². The summed E-state index contributed by atoms with van der Waals surface area (Å²) >= 11 is 0. The van der Waals surface area contributed by atoms with Crippen LogP contribution < -0.4 is 5.32 Å². The Bertz CT molecular complexity index is 829. The summed E-state index contributed by atoms with van der Waals surface area (Å²) in [4.78, 5) is 16.9. The molecule has 2 aromatic rings. The van der Waals surface area contributed by atoms with Crippen molar-refractivity contribution in [2.75, 3.05) is 5.32 Å². The first-order chi connectivity index (χ1) is 10.8. The molecule has 6 heteroatoms. The fraction of sp³-hybridized carbons (Fsp3) is 0.412. The first kappa shape index (κ1) is 17.4. The van der Waals surface area contributed by atoms with Gasteiger partial charge in [-0.1, -0.05) is 25.1 Å². The quantitative estimate of drug-likeness (QED) is 0.912. The number of pyridine rings is 1. The van der Waals surface area contributed by atoms with E-state index in [0.717, 1.165) is 23.0 Å². The van der Waals surface area contributed by atoms with Crippen molar-refractivity contribution in [1.82, 2.24) is 4.98 Å². The van der Waals surface area contributed by atoms with Gasteiger partial charge < -0.3 is 5.32 Å². The Kier molecular flexibility index (Phi) is 5.04. The molecule has 124 valence electrons. The second-order valence-electron chi connectivity index (χ2n) is 5.80. The zero-order chi connectivity index (χ0) is 17.2. The number of para-hydroxylation sites is 1. The zero-order valence-corrected chi connectivity index (χ0v) is 14.6. The van der Waals surface area contributed by atoms with E-state index in [0.29, 0.717) is 5.69 Å². The molecule has 0 radical (unpaired) electrons. The average Bonchev–Trinajstić information content (AvgIpc) is 2.53. The van der Waals surface area contributed by atoms with Crippen molar-refractivity contribution in [1.29, 1.82) is 0 Å².